The van der Waals surface area contributed by atoms with Crippen molar-refractivity contribution in [2.24, 2.45) is 11.7 Å². The first-order valence-electron chi connectivity index (χ1n) is 13.8. The summed E-state index contributed by atoms with van der Waals surface area (Å²) in [6, 6.07) is 1.48. The van der Waals surface area contributed by atoms with E-state index in [1.807, 2.05) is 24.3 Å². The molecule has 0 radical (unpaired) electrons. The van der Waals surface area contributed by atoms with Gasteiger partial charge in [-0.05, 0) is 37.3 Å². The average Bonchev–Trinajstić information content (AvgIpc) is 3.35. The number of carbonyl (C=O) groups is 6. The smallest absolute Gasteiger partial charge is 0.326 e. The van der Waals surface area contributed by atoms with Gasteiger partial charge in [-0.1, -0.05) is 32.0 Å². The molecule has 0 aliphatic rings. The predicted octanol–water partition coefficient (Wildman–Crippen LogP) is -0.0779. The van der Waals surface area contributed by atoms with Crippen molar-refractivity contribution in [2.75, 3.05) is 5.75 Å². The fourth-order valence-corrected chi connectivity index (χ4v) is 4.43. The van der Waals surface area contributed by atoms with Crippen molar-refractivity contribution in [3.8, 4) is 0 Å². The summed E-state index contributed by atoms with van der Waals surface area (Å²) in [4.78, 5) is 77.7. The van der Waals surface area contributed by atoms with Crippen molar-refractivity contribution >= 4 is 59.1 Å². The molecule has 4 amide bonds. The highest BCUT2D eigenvalue weighted by atomic mass is 32.1. The summed E-state index contributed by atoms with van der Waals surface area (Å²) in [5.41, 5.74) is 7.19. The zero-order chi connectivity index (χ0) is 32.3. The summed E-state index contributed by atoms with van der Waals surface area (Å²) in [5.74, 6) is -5.48. The molecule has 9 N–H and O–H groups in total. The predicted molar refractivity (Wildman–Crippen MR) is 161 cm³/mol. The Bertz CT molecular complexity index is 1320. The topological polar surface area (TPSA) is 233 Å². The normalized spacial score (nSPS) is 14.7. The van der Waals surface area contributed by atoms with Crippen LogP contribution in [0.5, 0.6) is 0 Å². The largest absolute Gasteiger partial charge is 0.481 e. The molecule has 0 bridgehead atoms. The van der Waals surface area contributed by atoms with Gasteiger partial charge in [0.1, 0.15) is 24.2 Å². The SMILES string of the molecule is CC(C)CC(NC(=O)C(Cc1c[nH]c2ccccc12)NC(=O)C(C)NC(=O)C(N)CS)C(=O)NC(CCC(=O)O)C(=O)O. The number of para-hydroxylation sites is 1. The summed E-state index contributed by atoms with van der Waals surface area (Å²) in [7, 11) is 0. The Kier molecular flexibility index (Phi) is 13.5. The van der Waals surface area contributed by atoms with Gasteiger partial charge in [-0.25, -0.2) is 4.79 Å². The maximum Gasteiger partial charge on any atom is 0.326 e. The molecule has 1 aromatic carbocycles. The second-order valence-electron chi connectivity index (χ2n) is 10.7. The van der Waals surface area contributed by atoms with Crippen LogP contribution in [-0.4, -0.2) is 86.7 Å². The molecule has 2 rings (SSSR count). The Hall–Kier alpha value is -4.11. The van der Waals surface area contributed by atoms with Crippen molar-refractivity contribution in [3.05, 3.63) is 36.0 Å². The number of benzene rings is 1. The number of aromatic amines is 1. The summed E-state index contributed by atoms with van der Waals surface area (Å²) in [6.07, 6.45) is 1.02. The van der Waals surface area contributed by atoms with E-state index in [4.69, 9.17) is 10.8 Å². The molecule has 15 heteroatoms. The van der Waals surface area contributed by atoms with E-state index in [1.165, 1.54) is 6.92 Å². The van der Waals surface area contributed by atoms with Crippen molar-refractivity contribution < 1.29 is 39.0 Å². The Morgan fingerprint density at radius 3 is 2.07 bits per heavy atom. The molecular formula is C28H40N6O8S. The van der Waals surface area contributed by atoms with Crippen LogP contribution in [0.1, 0.15) is 45.6 Å². The Morgan fingerprint density at radius 2 is 1.47 bits per heavy atom. The number of rotatable bonds is 17. The second kappa shape index (κ2) is 16.5. The van der Waals surface area contributed by atoms with Crippen LogP contribution in [0.15, 0.2) is 30.5 Å². The standard InChI is InChI=1S/C28H40N6O8S/c1-14(2)10-21(26(39)32-20(28(41)42)8-9-23(35)36)34-27(40)22(11-16-12-30-19-7-5-4-6-17(16)19)33-24(37)15(3)31-25(38)18(29)13-43/h4-7,12,14-15,18,20-22,30,43H,8-11,13,29H2,1-3H3,(H,31,38)(H,32,39)(H,33,37)(H,34,40)(H,35,36)(H,41,42). The van der Waals surface area contributed by atoms with E-state index in [-0.39, 0.29) is 30.9 Å². The third-order valence-corrected chi connectivity index (χ3v) is 7.01. The molecular weight excluding hydrogens is 580 g/mol. The first kappa shape index (κ1) is 35.1. The van der Waals surface area contributed by atoms with E-state index in [1.54, 1.807) is 20.0 Å². The lowest BCUT2D eigenvalue weighted by Gasteiger charge is -2.26. The molecule has 5 atom stereocenters. The minimum absolute atomic E-state index is 0.0186. The number of hydrogen-bond acceptors (Lipinski definition) is 8. The molecule has 236 valence electrons. The highest BCUT2D eigenvalue weighted by molar-refractivity contribution is 7.80. The Balaban J connectivity index is 2.31. The molecule has 14 nitrogen and oxygen atoms in total. The zero-order valence-corrected chi connectivity index (χ0v) is 25.1. The van der Waals surface area contributed by atoms with Crippen molar-refractivity contribution in [2.45, 2.75) is 76.7 Å². The number of aliphatic carboxylic acids is 2. The molecule has 0 aliphatic heterocycles. The number of carbonyl (C=O) groups excluding carboxylic acids is 4. The number of nitrogens with one attached hydrogen (secondary N) is 5. The number of H-pyrrole nitrogens is 1. The van der Waals surface area contributed by atoms with Crippen LogP contribution in [0.3, 0.4) is 0 Å². The van der Waals surface area contributed by atoms with Crippen LogP contribution < -0.4 is 27.0 Å². The number of hydrogen-bond donors (Lipinski definition) is 9. The molecule has 0 spiro atoms. The van der Waals surface area contributed by atoms with E-state index in [0.29, 0.717) is 5.56 Å². The fraction of sp³-hybridized carbons (Fsp3) is 0.500. The van der Waals surface area contributed by atoms with Crippen molar-refractivity contribution in [1.29, 1.82) is 0 Å². The number of aromatic nitrogens is 1. The highest BCUT2D eigenvalue weighted by Gasteiger charge is 2.32. The van der Waals surface area contributed by atoms with Gasteiger partial charge < -0.3 is 42.2 Å². The summed E-state index contributed by atoms with van der Waals surface area (Å²) in [5, 5.41) is 29.3. The van der Waals surface area contributed by atoms with Crippen molar-refractivity contribution in [1.82, 2.24) is 26.3 Å². The van der Waals surface area contributed by atoms with E-state index >= 15 is 0 Å². The van der Waals surface area contributed by atoms with Crippen LogP contribution in [-0.2, 0) is 35.2 Å². The number of fused-ring (bicyclic) bond motifs is 1. The zero-order valence-electron chi connectivity index (χ0n) is 24.3. The van der Waals surface area contributed by atoms with Crippen LogP contribution in [0.4, 0.5) is 0 Å². The van der Waals surface area contributed by atoms with Gasteiger partial charge in [0.2, 0.25) is 23.6 Å². The summed E-state index contributed by atoms with van der Waals surface area (Å²) in [6.45, 7) is 5.03. The average molecular weight is 621 g/mol. The molecule has 43 heavy (non-hydrogen) atoms. The Morgan fingerprint density at radius 1 is 0.860 bits per heavy atom. The maximum atomic E-state index is 13.6. The minimum Gasteiger partial charge on any atom is -0.481 e. The molecule has 2 aromatic rings. The van der Waals surface area contributed by atoms with E-state index in [0.717, 1.165) is 10.9 Å². The Labute approximate surface area is 254 Å². The van der Waals surface area contributed by atoms with E-state index in [9.17, 15) is 33.9 Å². The van der Waals surface area contributed by atoms with Gasteiger partial charge in [-0.15, -0.1) is 0 Å². The number of nitrogens with two attached hydrogens (primary N) is 1. The van der Waals surface area contributed by atoms with Crippen LogP contribution in [0.2, 0.25) is 0 Å². The number of carboxylic acids is 2. The quantitative estimate of drug-likeness (QED) is 0.107. The summed E-state index contributed by atoms with van der Waals surface area (Å²) < 4.78 is 0. The summed E-state index contributed by atoms with van der Waals surface area (Å²) >= 11 is 3.98. The molecule has 5 unspecified atom stereocenters. The number of amides is 4. The van der Waals surface area contributed by atoms with Gasteiger partial charge in [0.15, 0.2) is 0 Å². The lowest BCUT2D eigenvalue weighted by Crippen LogP contribution is -2.58. The third kappa shape index (κ3) is 10.9. The molecule has 0 saturated heterocycles. The van der Waals surface area contributed by atoms with Gasteiger partial charge in [0.05, 0.1) is 6.04 Å². The molecule has 0 saturated carbocycles. The van der Waals surface area contributed by atoms with Gasteiger partial charge in [0.25, 0.3) is 0 Å². The fourth-order valence-electron chi connectivity index (χ4n) is 4.27. The maximum absolute atomic E-state index is 13.6. The first-order valence-corrected chi connectivity index (χ1v) is 14.4. The van der Waals surface area contributed by atoms with Crippen LogP contribution in [0, 0.1) is 5.92 Å². The first-order chi connectivity index (χ1) is 20.2. The minimum atomic E-state index is -1.48. The van der Waals surface area contributed by atoms with Crippen LogP contribution >= 0.6 is 12.6 Å². The van der Waals surface area contributed by atoms with Gasteiger partial charge in [0, 0.05) is 35.7 Å². The molecule has 1 aromatic heterocycles. The van der Waals surface area contributed by atoms with Gasteiger partial charge >= 0.3 is 11.9 Å². The molecule has 0 fully saturated rings. The number of thiol groups is 1. The monoisotopic (exact) mass is 620 g/mol. The number of carboxylic acid groups (broad SMARTS) is 2. The van der Waals surface area contributed by atoms with Gasteiger partial charge in [-0.3, -0.25) is 24.0 Å². The van der Waals surface area contributed by atoms with Gasteiger partial charge in [-0.2, -0.15) is 12.6 Å². The van der Waals surface area contributed by atoms with E-state index in [2.05, 4.69) is 38.9 Å². The van der Waals surface area contributed by atoms with Crippen LogP contribution in [0.25, 0.3) is 10.9 Å². The third-order valence-electron chi connectivity index (χ3n) is 6.62. The second-order valence-corrected chi connectivity index (χ2v) is 11.0. The molecule has 1 heterocycles. The highest BCUT2D eigenvalue weighted by Crippen LogP contribution is 2.19. The lowest BCUT2D eigenvalue weighted by molar-refractivity contribution is -0.143. The van der Waals surface area contributed by atoms with E-state index < -0.39 is 72.2 Å². The van der Waals surface area contributed by atoms with Crippen molar-refractivity contribution in [3.63, 3.8) is 0 Å². The molecule has 0 aliphatic carbocycles. The lowest BCUT2D eigenvalue weighted by atomic mass is 10.00.